The third-order valence-electron chi connectivity index (χ3n) is 4.29. The molecule has 2 heterocycles. The maximum absolute atomic E-state index is 11.9. The number of fused-ring (bicyclic) bond motifs is 1. The van der Waals surface area contributed by atoms with Crippen LogP contribution in [0.25, 0.3) is 10.6 Å². The minimum absolute atomic E-state index is 0.00865. The van der Waals surface area contributed by atoms with E-state index in [9.17, 15) is 4.79 Å². The van der Waals surface area contributed by atoms with E-state index in [-0.39, 0.29) is 18.3 Å². The fraction of sp³-hybridized carbons (Fsp3) is 0.182. The molecule has 0 aliphatic carbocycles. The van der Waals surface area contributed by atoms with Gasteiger partial charge >= 0.3 is 5.97 Å². The normalized spacial score (nSPS) is 15.4. The number of hydrogen-bond acceptors (Lipinski definition) is 5. The zero-order chi connectivity index (χ0) is 18.6. The van der Waals surface area contributed by atoms with Crippen molar-refractivity contribution in [1.29, 1.82) is 0 Å². The SMILES string of the molecule is CCOC(=O)CC1=CC(c2ccccc2)c2sc(-c3ccccc3)nc2O1. The molecule has 5 heteroatoms. The predicted molar refractivity (Wildman–Crippen MR) is 106 cm³/mol. The molecule has 2 aromatic carbocycles. The molecule has 0 saturated carbocycles. The molecule has 4 rings (SSSR count). The molecule has 1 unspecified atom stereocenters. The third kappa shape index (κ3) is 3.78. The first-order valence-corrected chi connectivity index (χ1v) is 9.71. The number of rotatable bonds is 5. The molecule has 136 valence electrons. The molecule has 1 atom stereocenters. The molecule has 0 amide bonds. The predicted octanol–water partition coefficient (Wildman–Crippen LogP) is 5.17. The Hall–Kier alpha value is -2.92. The van der Waals surface area contributed by atoms with Crippen molar-refractivity contribution in [2.45, 2.75) is 19.3 Å². The van der Waals surface area contributed by atoms with Crippen LogP contribution in [-0.4, -0.2) is 17.6 Å². The second kappa shape index (κ2) is 7.76. The summed E-state index contributed by atoms with van der Waals surface area (Å²) >= 11 is 1.63. The number of allylic oxidation sites excluding steroid dienone is 1. The lowest BCUT2D eigenvalue weighted by Gasteiger charge is -2.21. The van der Waals surface area contributed by atoms with E-state index in [2.05, 4.69) is 12.1 Å². The quantitative estimate of drug-likeness (QED) is 0.576. The zero-order valence-corrected chi connectivity index (χ0v) is 15.7. The first-order valence-electron chi connectivity index (χ1n) is 8.90. The second-order valence-electron chi connectivity index (χ2n) is 6.16. The highest BCUT2D eigenvalue weighted by Gasteiger charge is 2.29. The Morgan fingerprint density at radius 2 is 1.81 bits per heavy atom. The highest BCUT2D eigenvalue weighted by Crippen LogP contribution is 2.44. The Morgan fingerprint density at radius 3 is 2.52 bits per heavy atom. The average Bonchev–Trinajstić information content (AvgIpc) is 3.13. The molecule has 27 heavy (non-hydrogen) atoms. The van der Waals surface area contributed by atoms with E-state index in [0.29, 0.717) is 18.2 Å². The van der Waals surface area contributed by atoms with Crippen LogP contribution in [0.4, 0.5) is 0 Å². The van der Waals surface area contributed by atoms with E-state index in [1.807, 2.05) is 54.6 Å². The summed E-state index contributed by atoms with van der Waals surface area (Å²) in [5.74, 6) is 0.876. The van der Waals surface area contributed by atoms with E-state index >= 15 is 0 Å². The minimum Gasteiger partial charge on any atom is -0.466 e. The van der Waals surface area contributed by atoms with Gasteiger partial charge in [0, 0.05) is 11.5 Å². The van der Waals surface area contributed by atoms with E-state index in [1.54, 1.807) is 18.3 Å². The number of aromatic nitrogens is 1. The van der Waals surface area contributed by atoms with Gasteiger partial charge in [-0.25, -0.2) is 4.98 Å². The fourth-order valence-electron chi connectivity index (χ4n) is 3.07. The van der Waals surface area contributed by atoms with Crippen LogP contribution in [0.2, 0.25) is 0 Å². The van der Waals surface area contributed by atoms with E-state index in [4.69, 9.17) is 14.5 Å². The van der Waals surface area contributed by atoms with E-state index < -0.39 is 0 Å². The molecule has 0 spiro atoms. The van der Waals surface area contributed by atoms with Crippen molar-refractivity contribution >= 4 is 17.3 Å². The number of thiazole rings is 1. The van der Waals surface area contributed by atoms with Crippen LogP contribution in [0, 0.1) is 0 Å². The fourth-order valence-corrected chi connectivity index (χ4v) is 4.17. The summed E-state index contributed by atoms with van der Waals surface area (Å²) in [4.78, 5) is 17.7. The van der Waals surface area contributed by atoms with Crippen molar-refractivity contribution in [2.75, 3.05) is 6.61 Å². The van der Waals surface area contributed by atoms with Gasteiger partial charge in [-0.15, -0.1) is 11.3 Å². The van der Waals surface area contributed by atoms with Crippen molar-refractivity contribution in [1.82, 2.24) is 4.98 Å². The molecule has 1 aliphatic rings. The lowest BCUT2D eigenvalue weighted by Crippen LogP contribution is -2.14. The number of benzene rings is 2. The highest BCUT2D eigenvalue weighted by atomic mass is 32.1. The molecule has 0 radical (unpaired) electrons. The largest absolute Gasteiger partial charge is 0.466 e. The average molecular weight is 377 g/mol. The summed E-state index contributed by atoms with van der Waals surface area (Å²) in [6.07, 6.45) is 2.11. The van der Waals surface area contributed by atoms with Gasteiger partial charge in [0.15, 0.2) is 0 Å². The van der Waals surface area contributed by atoms with Crippen molar-refractivity contribution in [2.24, 2.45) is 0 Å². The third-order valence-corrected chi connectivity index (χ3v) is 5.46. The number of carbonyl (C=O) groups is 1. The van der Waals surface area contributed by atoms with Crippen LogP contribution in [0.5, 0.6) is 5.88 Å². The van der Waals surface area contributed by atoms with Crippen LogP contribution >= 0.6 is 11.3 Å². The smallest absolute Gasteiger partial charge is 0.313 e. The molecule has 0 fully saturated rings. The number of nitrogens with zero attached hydrogens (tertiary/aromatic N) is 1. The van der Waals surface area contributed by atoms with Gasteiger partial charge in [-0.05, 0) is 18.6 Å². The molecular formula is C22H19NO3S. The van der Waals surface area contributed by atoms with E-state index in [1.165, 1.54) is 0 Å². The van der Waals surface area contributed by atoms with Gasteiger partial charge in [-0.3, -0.25) is 4.79 Å². The molecule has 0 bridgehead atoms. The first kappa shape index (κ1) is 17.5. The number of esters is 1. The Balaban J connectivity index is 1.72. The summed E-state index contributed by atoms with van der Waals surface area (Å²) in [5.41, 5.74) is 2.20. The first-order chi connectivity index (χ1) is 13.2. The van der Waals surface area contributed by atoms with Crippen LogP contribution in [0.15, 0.2) is 72.5 Å². The monoisotopic (exact) mass is 377 g/mol. The van der Waals surface area contributed by atoms with Crippen LogP contribution in [-0.2, 0) is 9.53 Å². The summed E-state index contributed by atoms with van der Waals surface area (Å²) in [7, 11) is 0. The molecule has 4 nitrogen and oxygen atoms in total. The van der Waals surface area contributed by atoms with Gasteiger partial charge in [0.25, 0.3) is 0 Å². The molecule has 0 saturated heterocycles. The maximum atomic E-state index is 11.9. The van der Waals surface area contributed by atoms with Gasteiger partial charge in [0.05, 0.1) is 11.5 Å². The summed E-state index contributed by atoms with van der Waals surface area (Å²) in [6, 6.07) is 20.2. The maximum Gasteiger partial charge on any atom is 0.313 e. The van der Waals surface area contributed by atoms with Gasteiger partial charge < -0.3 is 9.47 Å². The van der Waals surface area contributed by atoms with Gasteiger partial charge in [0.2, 0.25) is 5.88 Å². The Labute approximate surface area is 162 Å². The van der Waals surface area contributed by atoms with Crippen molar-refractivity contribution in [3.63, 3.8) is 0 Å². The van der Waals surface area contributed by atoms with Crippen molar-refractivity contribution < 1.29 is 14.3 Å². The molecule has 3 aromatic rings. The molecule has 1 aliphatic heterocycles. The Morgan fingerprint density at radius 1 is 1.11 bits per heavy atom. The Kier molecular flexibility index (Phi) is 5.03. The van der Waals surface area contributed by atoms with Crippen molar-refractivity contribution in [3.05, 3.63) is 82.9 Å². The highest BCUT2D eigenvalue weighted by molar-refractivity contribution is 7.15. The standard InChI is InChI=1S/C22H19NO3S/c1-2-25-19(24)14-17-13-18(15-9-5-3-6-10-15)20-21(26-17)23-22(27-20)16-11-7-4-8-12-16/h3-13,18H,2,14H2,1H3. The van der Waals surface area contributed by atoms with Crippen LogP contribution in [0.3, 0.4) is 0 Å². The number of hydrogen-bond donors (Lipinski definition) is 0. The number of ether oxygens (including phenoxy) is 2. The zero-order valence-electron chi connectivity index (χ0n) is 14.9. The second-order valence-corrected chi connectivity index (χ2v) is 7.19. The van der Waals surface area contributed by atoms with Crippen LogP contribution in [0.1, 0.15) is 29.7 Å². The molecule has 0 N–H and O–H groups in total. The topological polar surface area (TPSA) is 48.4 Å². The lowest BCUT2D eigenvalue weighted by molar-refractivity contribution is -0.142. The van der Waals surface area contributed by atoms with E-state index in [0.717, 1.165) is 21.0 Å². The van der Waals surface area contributed by atoms with Gasteiger partial charge in [-0.2, -0.15) is 0 Å². The summed E-state index contributed by atoms with van der Waals surface area (Å²) < 4.78 is 11.0. The van der Waals surface area contributed by atoms with Crippen LogP contribution < -0.4 is 4.74 Å². The summed E-state index contributed by atoms with van der Waals surface area (Å²) in [5, 5.41) is 0.910. The van der Waals surface area contributed by atoms with Gasteiger partial charge in [-0.1, -0.05) is 60.7 Å². The number of carbonyl (C=O) groups excluding carboxylic acids is 1. The summed E-state index contributed by atoms with van der Waals surface area (Å²) in [6.45, 7) is 2.15. The van der Waals surface area contributed by atoms with Crippen molar-refractivity contribution in [3.8, 4) is 16.5 Å². The molecular weight excluding hydrogens is 358 g/mol. The minimum atomic E-state index is -0.294. The molecule has 1 aromatic heterocycles. The Bertz CT molecular complexity index is 964. The lowest BCUT2D eigenvalue weighted by atomic mass is 9.95. The van der Waals surface area contributed by atoms with Gasteiger partial charge in [0.1, 0.15) is 17.2 Å².